The summed E-state index contributed by atoms with van der Waals surface area (Å²) < 4.78 is 2.02. The Morgan fingerprint density at radius 1 is 1.11 bits per heavy atom. The number of carbonyl (C=O) groups is 1. The molecule has 144 valence electrons. The van der Waals surface area contributed by atoms with Gasteiger partial charge < -0.3 is 10.6 Å². The number of urea groups is 1. The van der Waals surface area contributed by atoms with E-state index in [1.54, 1.807) is 18.3 Å². The molecule has 0 spiro atoms. The number of anilines is 1. The minimum atomic E-state index is -0.279. The van der Waals surface area contributed by atoms with E-state index in [4.69, 9.17) is 16.7 Å². The van der Waals surface area contributed by atoms with Crippen LogP contribution in [-0.4, -0.2) is 27.3 Å². The molecule has 0 bridgehead atoms. The van der Waals surface area contributed by atoms with Gasteiger partial charge in [0.1, 0.15) is 5.69 Å². The Balaban J connectivity index is 1.43. The first-order chi connectivity index (χ1) is 13.7. The molecule has 2 amide bonds. The van der Waals surface area contributed by atoms with E-state index in [-0.39, 0.29) is 6.03 Å². The normalized spacial score (nSPS) is 13.0. The molecule has 0 atom stereocenters. The highest BCUT2D eigenvalue weighted by molar-refractivity contribution is 6.33. The molecular weight excluding hydrogens is 374 g/mol. The van der Waals surface area contributed by atoms with Crippen LogP contribution >= 0.6 is 11.6 Å². The maximum absolute atomic E-state index is 12.1. The standard InChI is InChI=1S/C21H22ClN5O/c22-16-8-2-3-9-17(16)25-21(28)24-13-14-27-19-11-4-1-7-15(19)20(26-27)18-10-5-6-12-23-18/h2-3,5-6,8-10,12H,1,4,7,11,13-14H2,(H2,24,25,28). The molecule has 0 radical (unpaired) electrons. The summed E-state index contributed by atoms with van der Waals surface area (Å²) >= 11 is 6.08. The zero-order valence-electron chi connectivity index (χ0n) is 15.5. The fraction of sp³-hybridized carbons (Fsp3) is 0.286. The van der Waals surface area contributed by atoms with Crippen molar-refractivity contribution in [3.8, 4) is 11.4 Å². The van der Waals surface area contributed by atoms with Gasteiger partial charge in [0, 0.05) is 24.0 Å². The molecule has 2 heterocycles. The van der Waals surface area contributed by atoms with E-state index in [9.17, 15) is 4.79 Å². The third-order valence-electron chi connectivity index (χ3n) is 4.90. The van der Waals surface area contributed by atoms with E-state index < -0.39 is 0 Å². The minimum Gasteiger partial charge on any atom is -0.336 e. The molecule has 6 nitrogen and oxygen atoms in total. The summed E-state index contributed by atoms with van der Waals surface area (Å²) in [6.07, 6.45) is 6.19. The highest BCUT2D eigenvalue weighted by Crippen LogP contribution is 2.30. The van der Waals surface area contributed by atoms with Gasteiger partial charge >= 0.3 is 6.03 Å². The second-order valence-corrected chi connectivity index (χ2v) is 7.19. The van der Waals surface area contributed by atoms with Crippen molar-refractivity contribution in [3.63, 3.8) is 0 Å². The lowest BCUT2D eigenvalue weighted by atomic mass is 9.95. The van der Waals surface area contributed by atoms with Gasteiger partial charge in [-0.15, -0.1) is 0 Å². The van der Waals surface area contributed by atoms with Crippen molar-refractivity contribution in [2.75, 3.05) is 11.9 Å². The van der Waals surface area contributed by atoms with Crippen LogP contribution in [0.1, 0.15) is 24.1 Å². The largest absolute Gasteiger partial charge is 0.336 e. The zero-order valence-corrected chi connectivity index (χ0v) is 16.2. The van der Waals surface area contributed by atoms with Gasteiger partial charge in [-0.05, 0) is 49.9 Å². The smallest absolute Gasteiger partial charge is 0.319 e. The Morgan fingerprint density at radius 2 is 1.93 bits per heavy atom. The number of carbonyl (C=O) groups excluding carboxylic acids is 1. The topological polar surface area (TPSA) is 71.8 Å². The molecule has 0 saturated heterocycles. The molecule has 2 aromatic heterocycles. The molecule has 0 aliphatic heterocycles. The maximum atomic E-state index is 12.1. The van der Waals surface area contributed by atoms with Gasteiger partial charge in [0.2, 0.25) is 0 Å². The fourth-order valence-electron chi connectivity index (χ4n) is 3.57. The minimum absolute atomic E-state index is 0.279. The van der Waals surface area contributed by atoms with E-state index in [1.807, 2.05) is 35.0 Å². The zero-order chi connectivity index (χ0) is 19.3. The third-order valence-corrected chi connectivity index (χ3v) is 5.23. The summed E-state index contributed by atoms with van der Waals surface area (Å²) in [5.74, 6) is 0. The van der Waals surface area contributed by atoms with Crippen LogP contribution in [0.5, 0.6) is 0 Å². The number of nitrogens with one attached hydrogen (secondary N) is 2. The first-order valence-electron chi connectivity index (χ1n) is 9.52. The van der Waals surface area contributed by atoms with Crippen LogP contribution in [0.3, 0.4) is 0 Å². The van der Waals surface area contributed by atoms with Gasteiger partial charge in [0.25, 0.3) is 0 Å². The molecule has 7 heteroatoms. The Bertz CT molecular complexity index is 970. The van der Waals surface area contributed by atoms with Crippen LogP contribution in [0.15, 0.2) is 48.7 Å². The molecule has 1 aliphatic carbocycles. The molecule has 1 aliphatic rings. The van der Waals surface area contributed by atoms with E-state index in [2.05, 4.69) is 15.6 Å². The number of nitrogens with zero attached hydrogens (tertiary/aromatic N) is 3. The van der Waals surface area contributed by atoms with E-state index >= 15 is 0 Å². The molecule has 0 unspecified atom stereocenters. The number of fused-ring (bicyclic) bond motifs is 1. The van der Waals surface area contributed by atoms with E-state index in [0.717, 1.165) is 24.2 Å². The molecule has 0 saturated carbocycles. The number of rotatable bonds is 5. The lowest BCUT2D eigenvalue weighted by molar-refractivity contribution is 0.251. The molecule has 0 fully saturated rings. The lowest BCUT2D eigenvalue weighted by Gasteiger charge is -2.14. The quantitative estimate of drug-likeness (QED) is 0.676. The Morgan fingerprint density at radius 3 is 2.75 bits per heavy atom. The summed E-state index contributed by atoms with van der Waals surface area (Å²) in [5.41, 5.74) is 5.03. The Hall–Kier alpha value is -2.86. The Labute approximate surface area is 168 Å². The van der Waals surface area contributed by atoms with Gasteiger partial charge in [-0.1, -0.05) is 29.8 Å². The molecular formula is C21H22ClN5O. The predicted octanol–water partition coefficient (Wildman–Crippen LogP) is 4.30. The average molecular weight is 396 g/mol. The third kappa shape index (κ3) is 4.02. The summed E-state index contributed by atoms with van der Waals surface area (Å²) in [7, 11) is 0. The molecule has 1 aromatic carbocycles. The summed E-state index contributed by atoms with van der Waals surface area (Å²) in [5, 5.41) is 11.0. The highest BCUT2D eigenvalue weighted by atomic mass is 35.5. The predicted molar refractivity (Wildman–Crippen MR) is 111 cm³/mol. The first-order valence-corrected chi connectivity index (χ1v) is 9.89. The second-order valence-electron chi connectivity index (χ2n) is 6.78. The average Bonchev–Trinajstić information content (AvgIpc) is 3.09. The first kappa shape index (κ1) is 18.5. The van der Waals surface area contributed by atoms with Gasteiger partial charge in [0.15, 0.2) is 0 Å². The van der Waals surface area contributed by atoms with Crippen LogP contribution < -0.4 is 10.6 Å². The number of amides is 2. The van der Waals surface area contributed by atoms with Crippen LogP contribution in [0, 0.1) is 0 Å². The number of benzene rings is 1. The van der Waals surface area contributed by atoms with Crippen molar-refractivity contribution >= 4 is 23.3 Å². The van der Waals surface area contributed by atoms with Gasteiger partial charge in [-0.3, -0.25) is 9.67 Å². The highest BCUT2D eigenvalue weighted by Gasteiger charge is 2.22. The maximum Gasteiger partial charge on any atom is 0.319 e. The van der Waals surface area contributed by atoms with Crippen molar-refractivity contribution in [2.24, 2.45) is 0 Å². The summed E-state index contributed by atoms with van der Waals surface area (Å²) in [6.45, 7) is 1.09. The number of hydrogen-bond acceptors (Lipinski definition) is 3. The number of halogens is 1. The summed E-state index contributed by atoms with van der Waals surface area (Å²) in [4.78, 5) is 16.6. The van der Waals surface area contributed by atoms with Gasteiger partial charge in [0.05, 0.1) is 22.9 Å². The van der Waals surface area contributed by atoms with E-state index in [0.29, 0.717) is 23.8 Å². The second kappa shape index (κ2) is 8.44. The van der Waals surface area contributed by atoms with Gasteiger partial charge in [-0.25, -0.2) is 4.79 Å². The summed E-state index contributed by atoms with van der Waals surface area (Å²) in [6, 6.07) is 12.8. The monoisotopic (exact) mass is 395 g/mol. The van der Waals surface area contributed by atoms with Crippen LogP contribution in [-0.2, 0) is 19.4 Å². The van der Waals surface area contributed by atoms with Gasteiger partial charge in [-0.2, -0.15) is 5.10 Å². The fourth-order valence-corrected chi connectivity index (χ4v) is 3.75. The molecule has 28 heavy (non-hydrogen) atoms. The molecule has 4 rings (SSSR count). The van der Waals surface area contributed by atoms with Crippen molar-refractivity contribution in [3.05, 3.63) is 64.9 Å². The lowest BCUT2D eigenvalue weighted by Crippen LogP contribution is -2.32. The van der Waals surface area contributed by atoms with Crippen molar-refractivity contribution < 1.29 is 4.79 Å². The number of hydrogen-bond donors (Lipinski definition) is 2. The van der Waals surface area contributed by atoms with Crippen LogP contribution in [0.2, 0.25) is 5.02 Å². The Kier molecular flexibility index (Phi) is 5.58. The number of aromatic nitrogens is 3. The van der Waals surface area contributed by atoms with Crippen LogP contribution in [0.25, 0.3) is 11.4 Å². The van der Waals surface area contributed by atoms with E-state index in [1.165, 1.54) is 24.1 Å². The number of pyridine rings is 1. The molecule has 2 N–H and O–H groups in total. The van der Waals surface area contributed by atoms with Crippen molar-refractivity contribution in [1.29, 1.82) is 0 Å². The van der Waals surface area contributed by atoms with Crippen molar-refractivity contribution in [2.45, 2.75) is 32.2 Å². The van der Waals surface area contributed by atoms with Crippen molar-refractivity contribution in [1.82, 2.24) is 20.1 Å². The SMILES string of the molecule is O=C(NCCn1nc(-c2ccccn2)c2c1CCCC2)Nc1ccccc1Cl. The van der Waals surface area contributed by atoms with Crippen LogP contribution in [0.4, 0.5) is 10.5 Å². The molecule has 3 aromatic rings. The number of para-hydroxylation sites is 1.